The van der Waals surface area contributed by atoms with Gasteiger partial charge in [0.05, 0.1) is 0 Å². The number of hydrogen-bond donors (Lipinski definition) is 2. The lowest BCUT2D eigenvalue weighted by atomic mass is 9.95. The van der Waals surface area contributed by atoms with Crippen LogP contribution < -0.4 is 5.73 Å². The summed E-state index contributed by atoms with van der Waals surface area (Å²) >= 11 is 0. The first-order valence-corrected chi connectivity index (χ1v) is 9.90. The van der Waals surface area contributed by atoms with Gasteiger partial charge in [-0.25, -0.2) is 4.79 Å². The summed E-state index contributed by atoms with van der Waals surface area (Å²) in [7, 11) is -4.19. The van der Waals surface area contributed by atoms with Crippen molar-refractivity contribution in [3.8, 4) is 0 Å². The molecule has 0 aliphatic heterocycles. The highest BCUT2D eigenvalue weighted by Crippen LogP contribution is 2.39. The number of carbonyl (C=O) groups excluding carboxylic acids is 1. The predicted molar refractivity (Wildman–Crippen MR) is 101 cm³/mol. The third-order valence-corrected chi connectivity index (χ3v) is 6.00. The Balaban J connectivity index is 2.03. The first-order valence-electron chi connectivity index (χ1n) is 8.43. The highest BCUT2D eigenvalue weighted by Gasteiger charge is 2.37. The SMILES string of the molecule is CC(=O)OOS(=O)(=O)C(c1ccc2cc(C(=N)N)ccc2c1)C1C=CCC1. The van der Waals surface area contributed by atoms with Crippen LogP contribution in [0.5, 0.6) is 0 Å². The van der Waals surface area contributed by atoms with E-state index in [1.807, 2.05) is 12.2 Å². The van der Waals surface area contributed by atoms with Gasteiger partial charge in [-0.15, -0.1) is 0 Å². The second-order valence-electron chi connectivity index (χ2n) is 6.46. The number of allylic oxidation sites excluding steroid dienone is 2. The molecule has 0 saturated heterocycles. The summed E-state index contributed by atoms with van der Waals surface area (Å²) < 4.78 is 30.0. The third kappa shape index (κ3) is 4.17. The van der Waals surface area contributed by atoms with E-state index in [9.17, 15) is 13.2 Å². The Bertz CT molecular complexity index is 1030. The monoisotopic (exact) mass is 388 g/mol. The number of hydrogen-bond acceptors (Lipinski definition) is 6. The van der Waals surface area contributed by atoms with E-state index in [4.69, 9.17) is 11.1 Å². The average molecular weight is 388 g/mol. The molecular weight excluding hydrogens is 368 g/mol. The van der Waals surface area contributed by atoms with E-state index >= 15 is 0 Å². The van der Waals surface area contributed by atoms with Crippen LogP contribution in [0.4, 0.5) is 0 Å². The number of benzene rings is 2. The Kier molecular flexibility index (Phi) is 5.29. The van der Waals surface area contributed by atoms with Crippen molar-refractivity contribution in [1.29, 1.82) is 5.41 Å². The zero-order chi connectivity index (χ0) is 19.6. The summed E-state index contributed by atoms with van der Waals surface area (Å²) in [6.07, 6.45) is 5.22. The van der Waals surface area contributed by atoms with Crippen LogP contribution in [0.15, 0.2) is 48.6 Å². The van der Waals surface area contributed by atoms with Gasteiger partial charge in [0.15, 0.2) is 0 Å². The lowest BCUT2D eigenvalue weighted by molar-refractivity contribution is -0.208. The maximum absolute atomic E-state index is 12.7. The lowest BCUT2D eigenvalue weighted by Crippen LogP contribution is -2.23. The molecule has 2 aromatic rings. The van der Waals surface area contributed by atoms with Crippen molar-refractivity contribution < 1.29 is 22.4 Å². The summed E-state index contributed by atoms with van der Waals surface area (Å²) in [6, 6.07) is 10.5. The average Bonchev–Trinajstić information content (AvgIpc) is 3.13. The Morgan fingerprint density at radius 3 is 2.56 bits per heavy atom. The molecule has 3 N–H and O–H groups in total. The van der Waals surface area contributed by atoms with E-state index in [-0.39, 0.29) is 11.8 Å². The number of amidine groups is 1. The molecule has 0 fully saturated rings. The molecule has 0 radical (unpaired) electrons. The Morgan fingerprint density at radius 2 is 1.93 bits per heavy atom. The van der Waals surface area contributed by atoms with E-state index in [2.05, 4.69) is 9.22 Å². The standard InChI is InChI=1S/C19H20N2O5S/c1-12(22)25-26-27(23,24)18(13-4-2-3-5-13)16-8-6-15-11-17(19(20)21)9-7-14(15)10-16/h2,4,6-11,13,18H,3,5H2,1H3,(H3,20,21). The highest BCUT2D eigenvalue weighted by atomic mass is 32.2. The fraction of sp³-hybridized carbons (Fsp3) is 0.263. The van der Waals surface area contributed by atoms with Crippen LogP contribution in [-0.4, -0.2) is 20.2 Å². The maximum Gasteiger partial charge on any atom is 0.340 e. The summed E-state index contributed by atoms with van der Waals surface area (Å²) in [5, 5.41) is 8.19. The van der Waals surface area contributed by atoms with Crippen LogP contribution in [0.3, 0.4) is 0 Å². The van der Waals surface area contributed by atoms with Crippen molar-refractivity contribution in [2.45, 2.75) is 25.0 Å². The van der Waals surface area contributed by atoms with Gasteiger partial charge in [-0.05, 0) is 41.3 Å². The Hall–Kier alpha value is -2.71. The summed E-state index contributed by atoms with van der Waals surface area (Å²) in [4.78, 5) is 15.3. The fourth-order valence-electron chi connectivity index (χ4n) is 3.28. The molecule has 0 saturated carbocycles. The molecule has 1 aliphatic rings. The quantitative estimate of drug-likeness (QED) is 0.258. The van der Waals surface area contributed by atoms with Crippen LogP contribution in [0, 0.1) is 11.3 Å². The molecule has 142 valence electrons. The molecule has 3 rings (SSSR count). The largest absolute Gasteiger partial charge is 0.384 e. The van der Waals surface area contributed by atoms with Crippen molar-refractivity contribution in [3.63, 3.8) is 0 Å². The minimum Gasteiger partial charge on any atom is -0.384 e. The lowest BCUT2D eigenvalue weighted by Gasteiger charge is -2.22. The van der Waals surface area contributed by atoms with Gasteiger partial charge in [0.2, 0.25) is 0 Å². The predicted octanol–water partition coefficient (Wildman–Crippen LogP) is 2.96. The van der Waals surface area contributed by atoms with Gasteiger partial charge in [0.25, 0.3) is 0 Å². The topological polar surface area (TPSA) is 120 Å². The molecule has 8 heteroatoms. The molecule has 2 unspecified atom stereocenters. The van der Waals surface area contributed by atoms with Crippen molar-refractivity contribution >= 4 is 32.7 Å². The molecule has 0 bridgehead atoms. The first kappa shape index (κ1) is 19.1. The molecule has 27 heavy (non-hydrogen) atoms. The van der Waals surface area contributed by atoms with Gasteiger partial charge in [-0.1, -0.05) is 40.8 Å². The molecule has 1 aliphatic carbocycles. The minimum absolute atomic E-state index is 0.0349. The van der Waals surface area contributed by atoms with E-state index in [0.29, 0.717) is 17.5 Å². The Labute approximate surface area is 157 Å². The van der Waals surface area contributed by atoms with Crippen LogP contribution in [0.2, 0.25) is 0 Å². The zero-order valence-electron chi connectivity index (χ0n) is 14.7. The molecule has 7 nitrogen and oxygen atoms in total. The number of rotatable bonds is 6. The van der Waals surface area contributed by atoms with Gasteiger partial charge in [0.1, 0.15) is 11.1 Å². The molecule has 0 spiro atoms. The van der Waals surface area contributed by atoms with Crippen molar-refractivity contribution in [2.24, 2.45) is 11.7 Å². The fourth-order valence-corrected chi connectivity index (χ4v) is 4.69. The minimum atomic E-state index is -4.19. The highest BCUT2D eigenvalue weighted by molar-refractivity contribution is 7.86. The van der Waals surface area contributed by atoms with Crippen molar-refractivity contribution in [1.82, 2.24) is 0 Å². The van der Waals surface area contributed by atoms with Crippen molar-refractivity contribution in [3.05, 3.63) is 59.7 Å². The molecule has 2 atom stereocenters. The van der Waals surface area contributed by atoms with E-state index in [1.54, 1.807) is 36.4 Å². The van der Waals surface area contributed by atoms with E-state index < -0.39 is 21.3 Å². The van der Waals surface area contributed by atoms with Gasteiger partial charge >= 0.3 is 16.1 Å². The van der Waals surface area contributed by atoms with Crippen LogP contribution in [0.25, 0.3) is 10.8 Å². The number of nitrogen functional groups attached to an aromatic ring is 1. The van der Waals surface area contributed by atoms with Crippen LogP contribution in [-0.2, 0) is 24.1 Å². The smallest absolute Gasteiger partial charge is 0.340 e. The maximum atomic E-state index is 12.7. The van der Waals surface area contributed by atoms with Crippen LogP contribution >= 0.6 is 0 Å². The molecule has 0 heterocycles. The van der Waals surface area contributed by atoms with Gasteiger partial charge in [-0.2, -0.15) is 8.42 Å². The summed E-state index contributed by atoms with van der Waals surface area (Å²) in [6.45, 7) is 1.07. The zero-order valence-corrected chi connectivity index (χ0v) is 15.5. The van der Waals surface area contributed by atoms with Crippen molar-refractivity contribution in [2.75, 3.05) is 0 Å². The summed E-state index contributed by atoms with van der Waals surface area (Å²) in [5.41, 5.74) is 6.66. The van der Waals surface area contributed by atoms with Gasteiger partial charge in [-0.3, -0.25) is 10.3 Å². The number of nitrogens with two attached hydrogens (primary N) is 1. The molecular formula is C19H20N2O5S. The number of nitrogens with one attached hydrogen (secondary N) is 1. The Morgan fingerprint density at radius 1 is 1.22 bits per heavy atom. The number of fused-ring (bicyclic) bond motifs is 1. The molecule has 0 amide bonds. The second kappa shape index (κ2) is 7.50. The first-order chi connectivity index (χ1) is 12.8. The van der Waals surface area contributed by atoms with Crippen LogP contribution in [0.1, 0.15) is 36.1 Å². The van der Waals surface area contributed by atoms with Gasteiger partial charge in [0, 0.05) is 18.4 Å². The second-order valence-corrected chi connectivity index (χ2v) is 8.09. The van der Waals surface area contributed by atoms with E-state index in [0.717, 1.165) is 24.1 Å². The number of carbonyl (C=O) groups is 1. The third-order valence-electron chi connectivity index (χ3n) is 4.50. The summed E-state index contributed by atoms with van der Waals surface area (Å²) in [5.74, 6) is -1.15. The van der Waals surface area contributed by atoms with Gasteiger partial charge < -0.3 is 5.73 Å². The van der Waals surface area contributed by atoms with E-state index in [1.165, 1.54) is 0 Å². The molecule has 0 aromatic heterocycles. The molecule has 2 aromatic carbocycles. The normalized spacial score (nSPS) is 17.7.